The molecule has 0 saturated heterocycles. The topological polar surface area (TPSA) is 56.0 Å². The van der Waals surface area contributed by atoms with Gasteiger partial charge in [0.25, 0.3) is 12.1 Å². The molecular formula is C7H4ClF2IN2O2. The predicted octanol–water partition coefficient (Wildman–Crippen LogP) is 3.27. The van der Waals surface area contributed by atoms with Crippen LogP contribution in [0.5, 0.6) is 0 Å². The van der Waals surface area contributed by atoms with Crippen LogP contribution in [-0.4, -0.2) is 9.91 Å². The highest BCUT2D eigenvalue weighted by atomic mass is 127. The lowest BCUT2D eigenvalue weighted by Crippen LogP contribution is -2.03. The van der Waals surface area contributed by atoms with E-state index in [0.717, 1.165) is 6.07 Å². The Morgan fingerprint density at radius 1 is 1.67 bits per heavy atom. The summed E-state index contributed by atoms with van der Waals surface area (Å²) in [5, 5.41) is 10.5. The van der Waals surface area contributed by atoms with E-state index in [9.17, 15) is 18.9 Å². The van der Waals surface area contributed by atoms with Crippen molar-refractivity contribution in [1.82, 2.24) is 4.98 Å². The van der Waals surface area contributed by atoms with Gasteiger partial charge >= 0.3 is 0 Å². The van der Waals surface area contributed by atoms with Crippen LogP contribution < -0.4 is 0 Å². The van der Waals surface area contributed by atoms with Gasteiger partial charge in [-0.3, -0.25) is 10.1 Å². The predicted molar refractivity (Wildman–Crippen MR) is 58.1 cm³/mol. The van der Waals surface area contributed by atoms with Crippen LogP contribution >= 0.6 is 34.2 Å². The molecule has 0 radical (unpaired) electrons. The summed E-state index contributed by atoms with van der Waals surface area (Å²) < 4.78 is 24.8. The van der Waals surface area contributed by atoms with E-state index in [0.29, 0.717) is 0 Å². The van der Waals surface area contributed by atoms with Crippen LogP contribution in [0.1, 0.15) is 17.8 Å². The summed E-state index contributed by atoms with van der Waals surface area (Å²) in [6.45, 7) is 0. The van der Waals surface area contributed by atoms with Crippen molar-refractivity contribution in [3.63, 3.8) is 0 Å². The van der Waals surface area contributed by atoms with Crippen molar-refractivity contribution in [1.29, 1.82) is 0 Å². The average Bonchev–Trinajstić information content (AvgIpc) is 2.17. The number of aromatic nitrogens is 1. The van der Waals surface area contributed by atoms with E-state index in [1.54, 1.807) is 0 Å². The summed E-state index contributed by atoms with van der Waals surface area (Å²) >= 11 is 6.88. The Bertz CT molecular complexity index is 403. The van der Waals surface area contributed by atoms with Gasteiger partial charge in [0.05, 0.1) is 16.5 Å². The first-order valence-electron chi connectivity index (χ1n) is 3.65. The van der Waals surface area contributed by atoms with E-state index < -0.39 is 22.7 Å². The average molecular weight is 348 g/mol. The third kappa shape index (κ3) is 2.71. The van der Waals surface area contributed by atoms with Gasteiger partial charge in [0, 0.05) is 6.07 Å². The molecule has 0 fully saturated rings. The highest BCUT2D eigenvalue weighted by Crippen LogP contribution is 2.30. The number of alkyl halides is 3. The first-order valence-corrected chi connectivity index (χ1v) is 5.26. The molecule has 0 aliphatic rings. The lowest BCUT2D eigenvalue weighted by atomic mass is 10.3. The second-order valence-electron chi connectivity index (χ2n) is 2.52. The summed E-state index contributed by atoms with van der Waals surface area (Å²) in [6.07, 6.45) is -2.85. The largest absolute Gasteiger partial charge is 0.286 e. The van der Waals surface area contributed by atoms with E-state index >= 15 is 0 Å². The molecule has 0 spiro atoms. The van der Waals surface area contributed by atoms with Gasteiger partial charge in [-0.1, -0.05) is 0 Å². The van der Waals surface area contributed by atoms with E-state index in [1.807, 2.05) is 0 Å². The molecule has 0 aromatic carbocycles. The summed E-state index contributed by atoms with van der Waals surface area (Å²) in [6, 6.07) is 1.10. The SMILES string of the molecule is O=[N+]([O-])c1cc(CCl)nc(C(F)F)c1I. The van der Waals surface area contributed by atoms with Crippen molar-refractivity contribution in [2.75, 3.05) is 0 Å². The smallest absolute Gasteiger partial charge is 0.258 e. The number of nitro groups is 1. The fraction of sp³-hybridized carbons (Fsp3) is 0.286. The number of rotatable bonds is 3. The second-order valence-corrected chi connectivity index (χ2v) is 3.87. The maximum atomic E-state index is 12.5. The van der Waals surface area contributed by atoms with Crippen molar-refractivity contribution in [2.24, 2.45) is 0 Å². The molecule has 1 aromatic rings. The molecule has 82 valence electrons. The van der Waals surface area contributed by atoms with Gasteiger partial charge in [0.15, 0.2) is 0 Å². The highest BCUT2D eigenvalue weighted by molar-refractivity contribution is 14.1. The minimum absolute atomic E-state index is 0.0686. The molecule has 0 aliphatic heterocycles. The van der Waals surface area contributed by atoms with Crippen LogP contribution in [0.25, 0.3) is 0 Å². The molecular weight excluding hydrogens is 344 g/mol. The molecule has 0 unspecified atom stereocenters. The Balaban J connectivity index is 3.40. The lowest BCUT2D eigenvalue weighted by Gasteiger charge is -2.05. The minimum Gasteiger partial charge on any atom is -0.258 e. The van der Waals surface area contributed by atoms with Crippen molar-refractivity contribution in [2.45, 2.75) is 12.3 Å². The number of nitrogens with zero attached hydrogens (tertiary/aromatic N) is 2. The maximum Gasteiger partial charge on any atom is 0.286 e. The Morgan fingerprint density at radius 3 is 2.67 bits per heavy atom. The van der Waals surface area contributed by atoms with Gasteiger partial charge in [0.2, 0.25) is 0 Å². The van der Waals surface area contributed by atoms with Crippen molar-refractivity contribution in [3.8, 4) is 0 Å². The van der Waals surface area contributed by atoms with Crippen LogP contribution in [0, 0.1) is 13.7 Å². The molecule has 0 bridgehead atoms. The van der Waals surface area contributed by atoms with Gasteiger partial charge in [-0.05, 0) is 22.6 Å². The zero-order valence-electron chi connectivity index (χ0n) is 7.08. The first kappa shape index (κ1) is 12.5. The third-order valence-corrected chi connectivity index (χ3v) is 2.94. The van der Waals surface area contributed by atoms with Gasteiger partial charge in [-0.15, -0.1) is 11.6 Å². The number of pyridine rings is 1. The molecule has 15 heavy (non-hydrogen) atoms. The Labute approximate surface area is 102 Å². The summed E-state index contributed by atoms with van der Waals surface area (Å²) in [5.74, 6) is -0.141. The zero-order chi connectivity index (χ0) is 11.6. The van der Waals surface area contributed by atoms with E-state index in [1.165, 1.54) is 22.6 Å². The Morgan fingerprint density at radius 2 is 2.27 bits per heavy atom. The van der Waals surface area contributed by atoms with E-state index in [2.05, 4.69) is 4.98 Å². The van der Waals surface area contributed by atoms with Gasteiger partial charge in [-0.2, -0.15) is 0 Å². The van der Waals surface area contributed by atoms with Gasteiger partial charge < -0.3 is 0 Å². The highest BCUT2D eigenvalue weighted by Gasteiger charge is 2.23. The second kappa shape index (κ2) is 4.97. The van der Waals surface area contributed by atoms with Crippen LogP contribution in [0.2, 0.25) is 0 Å². The van der Waals surface area contributed by atoms with E-state index in [4.69, 9.17) is 11.6 Å². The molecule has 0 amide bonds. The molecule has 0 aliphatic carbocycles. The molecule has 0 saturated carbocycles. The normalized spacial score (nSPS) is 10.7. The quantitative estimate of drug-likeness (QED) is 0.365. The van der Waals surface area contributed by atoms with Crippen molar-refractivity contribution >= 4 is 39.9 Å². The zero-order valence-corrected chi connectivity index (χ0v) is 10.00. The number of halogens is 4. The number of hydrogen-bond acceptors (Lipinski definition) is 3. The monoisotopic (exact) mass is 348 g/mol. The third-order valence-electron chi connectivity index (χ3n) is 1.56. The van der Waals surface area contributed by atoms with Crippen LogP contribution in [0.4, 0.5) is 14.5 Å². The van der Waals surface area contributed by atoms with Crippen LogP contribution in [0.3, 0.4) is 0 Å². The summed E-state index contributed by atoms with van der Waals surface area (Å²) in [4.78, 5) is 13.4. The summed E-state index contributed by atoms with van der Waals surface area (Å²) in [7, 11) is 0. The molecule has 0 N–H and O–H groups in total. The van der Waals surface area contributed by atoms with Gasteiger partial charge in [-0.25, -0.2) is 13.8 Å². The molecule has 1 aromatic heterocycles. The van der Waals surface area contributed by atoms with Crippen molar-refractivity contribution in [3.05, 3.63) is 31.1 Å². The lowest BCUT2D eigenvalue weighted by molar-refractivity contribution is -0.386. The molecule has 1 heterocycles. The minimum atomic E-state index is -2.85. The first-order chi connectivity index (χ1) is 6.97. The molecule has 1 rings (SSSR count). The fourth-order valence-electron chi connectivity index (χ4n) is 0.934. The molecule has 0 atom stereocenters. The van der Waals surface area contributed by atoms with E-state index in [-0.39, 0.29) is 15.1 Å². The van der Waals surface area contributed by atoms with Gasteiger partial charge in [0.1, 0.15) is 9.26 Å². The Hall–Kier alpha value is -0.570. The summed E-state index contributed by atoms with van der Waals surface area (Å²) in [5.41, 5.74) is -0.920. The fourth-order valence-corrected chi connectivity index (χ4v) is 1.78. The molecule has 8 heteroatoms. The van der Waals surface area contributed by atoms with Crippen LogP contribution in [-0.2, 0) is 5.88 Å². The molecule has 4 nitrogen and oxygen atoms in total. The Kier molecular flexibility index (Phi) is 4.14. The van der Waals surface area contributed by atoms with Crippen molar-refractivity contribution < 1.29 is 13.7 Å². The number of hydrogen-bond donors (Lipinski definition) is 0. The maximum absolute atomic E-state index is 12.5. The standard InChI is InChI=1S/C7H4ClF2IN2O2/c8-2-3-1-4(13(14)15)5(11)6(12-3)7(9)10/h1,7H,2H2. The van der Waals surface area contributed by atoms with Crippen LogP contribution in [0.15, 0.2) is 6.07 Å².